The van der Waals surface area contributed by atoms with Gasteiger partial charge in [0, 0.05) is 36.1 Å². The number of nitrogens with one attached hydrogen (secondary N) is 1. The van der Waals surface area contributed by atoms with Gasteiger partial charge in [0.1, 0.15) is 0 Å². The summed E-state index contributed by atoms with van der Waals surface area (Å²) < 4.78 is 11.2. The van der Waals surface area contributed by atoms with Crippen LogP contribution in [0.4, 0.5) is 0 Å². The van der Waals surface area contributed by atoms with Crippen LogP contribution in [0.25, 0.3) is 11.3 Å². The van der Waals surface area contributed by atoms with Crippen molar-refractivity contribution in [1.29, 1.82) is 0 Å². The molecule has 0 saturated carbocycles. The van der Waals surface area contributed by atoms with Gasteiger partial charge < -0.3 is 14.4 Å². The topological polar surface area (TPSA) is 63.3 Å². The van der Waals surface area contributed by atoms with Crippen LogP contribution in [0.3, 0.4) is 0 Å². The van der Waals surface area contributed by atoms with Gasteiger partial charge in [-0.25, -0.2) is 0 Å². The number of ether oxygens (including phenoxy) is 2. The minimum absolute atomic E-state index is 0.237. The van der Waals surface area contributed by atoms with Crippen LogP contribution in [0.5, 0.6) is 0 Å². The van der Waals surface area contributed by atoms with Crippen molar-refractivity contribution in [2.75, 3.05) is 39.5 Å². The average molecular weight is 328 g/mol. The van der Waals surface area contributed by atoms with Crippen molar-refractivity contribution in [3.05, 3.63) is 36.3 Å². The molecule has 1 unspecified atom stereocenters. The fourth-order valence-electron chi connectivity index (χ4n) is 3.57. The monoisotopic (exact) mass is 328 g/mol. The lowest BCUT2D eigenvalue weighted by Crippen LogP contribution is -2.43. The molecule has 1 atom stereocenters. The number of aromatic nitrogens is 3. The molecule has 1 N–H and O–H groups in total. The first kappa shape index (κ1) is 15.7. The van der Waals surface area contributed by atoms with Crippen molar-refractivity contribution in [3.63, 3.8) is 0 Å². The maximum absolute atomic E-state index is 5.76. The molecular formula is C18H24N4O2. The highest BCUT2D eigenvalue weighted by Crippen LogP contribution is 2.29. The third-order valence-electron chi connectivity index (χ3n) is 4.95. The van der Waals surface area contributed by atoms with Gasteiger partial charge >= 0.3 is 0 Å². The van der Waals surface area contributed by atoms with Gasteiger partial charge in [0.15, 0.2) is 0 Å². The lowest BCUT2D eigenvalue weighted by atomic mass is 9.93. The van der Waals surface area contributed by atoms with E-state index >= 15 is 0 Å². The number of H-pyrrole nitrogens is 1. The SMILES string of the molecule is c1cc(-c2cc(C3CCN(CC4COCCO4)CC3)[nH]n2)ccn1. The van der Waals surface area contributed by atoms with E-state index in [4.69, 9.17) is 9.47 Å². The second-order valence-electron chi connectivity index (χ2n) is 6.59. The number of rotatable bonds is 4. The average Bonchev–Trinajstić information content (AvgIpc) is 3.14. The van der Waals surface area contributed by atoms with Crippen molar-refractivity contribution < 1.29 is 9.47 Å². The molecule has 2 aliphatic rings. The Balaban J connectivity index is 1.32. The molecule has 4 heterocycles. The van der Waals surface area contributed by atoms with E-state index in [1.54, 1.807) is 12.4 Å². The number of piperidine rings is 1. The number of pyridine rings is 1. The van der Waals surface area contributed by atoms with Gasteiger partial charge in [-0.3, -0.25) is 10.1 Å². The summed E-state index contributed by atoms with van der Waals surface area (Å²) in [5.41, 5.74) is 3.36. The van der Waals surface area contributed by atoms with E-state index in [-0.39, 0.29) is 6.10 Å². The molecular weight excluding hydrogens is 304 g/mol. The fraction of sp³-hybridized carbons (Fsp3) is 0.556. The molecule has 0 radical (unpaired) electrons. The highest BCUT2D eigenvalue weighted by atomic mass is 16.6. The number of hydrogen-bond donors (Lipinski definition) is 1. The molecule has 24 heavy (non-hydrogen) atoms. The zero-order chi connectivity index (χ0) is 16.2. The van der Waals surface area contributed by atoms with Crippen LogP contribution in [-0.4, -0.2) is 65.6 Å². The molecule has 6 heteroatoms. The van der Waals surface area contributed by atoms with Crippen molar-refractivity contribution in [2.24, 2.45) is 0 Å². The lowest BCUT2D eigenvalue weighted by molar-refractivity contribution is -0.0988. The van der Waals surface area contributed by atoms with Crippen LogP contribution in [0, 0.1) is 0 Å². The van der Waals surface area contributed by atoms with Gasteiger partial charge in [-0.05, 0) is 44.1 Å². The third-order valence-corrected chi connectivity index (χ3v) is 4.95. The summed E-state index contributed by atoms with van der Waals surface area (Å²) in [5, 5.41) is 7.71. The molecule has 2 aromatic heterocycles. The van der Waals surface area contributed by atoms with E-state index in [9.17, 15) is 0 Å². The highest BCUT2D eigenvalue weighted by Gasteiger charge is 2.25. The van der Waals surface area contributed by atoms with Crippen LogP contribution >= 0.6 is 0 Å². The molecule has 4 rings (SSSR count). The smallest absolute Gasteiger partial charge is 0.0936 e. The Kier molecular flexibility index (Phi) is 4.87. The molecule has 0 spiro atoms. The van der Waals surface area contributed by atoms with Crippen molar-refractivity contribution in [3.8, 4) is 11.3 Å². The van der Waals surface area contributed by atoms with E-state index in [0.29, 0.717) is 5.92 Å². The predicted molar refractivity (Wildman–Crippen MR) is 90.8 cm³/mol. The Bertz CT molecular complexity index is 631. The van der Waals surface area contributed by atoms with Gasteiger partial charge in [-0.15, -0.1) is 0 Å². The Hall–Kier alpha value is -1.76. The lowest BCUT2D eigenvalue weighted by Gasteiger charge is -2.34. The molecule has 2 fully saturated rings. The summed E-state index contributed by atoms with van der Waals surface area (Å²) in [7, 11) is 0. The second kappa shape index (κ2) is 7.42. The Morgan fingerprint density at radius 2 is 2.00 bits per heavy atom. The first-order valence-corrected chi connectivity index (χ1v) is 8.76. The zero-order valence-corrected chi connectivity index (χ0v) is 13.9. The van der Waals surface area contributed by atoms with E-state index in [1.165, 1.54) is 5.69 Å². The molecule has 2 saturated heterocycles. The molecule has 2 aliphatic heterocycles. The first-order chi connectivity index (χ1) is 11.9. The molecule has 0 bridgehead atoms. The maximum atomic E-state index is 5.76. The molecule has 0 aromatic carbocycles. The summed E-state index contributed by atoms with van der Waals surface area (Å²) in [4.78, 5) is 6.56. The van der Waals surface area contributed by atoms with Crippen LogP contribution in [0.15, 0.2) is 30.6 Å². The molecule has 0 amide bonds. The van der Waals surface area contributed by atoms with Gasteiger partial charge in [0.2, 0.25) is 0 Å². The fourth-order valence-corrected chi connectivity index (χ4v) is 3.57. The van der Waals surface area contributed by atoms with E-state index in [2.05, 4.69) is 26.1 Å². The Morgan fingerprint density at radius 3 is 2.75 bits per heavy atom. The third kappa shape index (κ3) is 3.66. The van der Waals surface area contributed by atoms with Gasteiger partial charge in [-0.2, -0.15) is 5.10 Å². The van der Waals surface area contributed by atoms with Gasteiger partial charge in [-0.1, -0.05) is 0 Å². The van der Waals surface area contributed by atoms with Gasteiger partial charge in [0.05, 0.1) is 31.6 Å². The van der Waals surface area contributed by atoms with Crippen LogP contribution in [0.1, 0.15) is 24.5 Å². The normalized spacial score (nSPS) is 23.4. The van der Waals surface area contributed by atoms with Crippen molar-refractivity contribution in [2.45, 2.75) is 24.9 Å². The molecule has 6 nitrogen and oxygen atoms in total. The number of hydrogen-bond acceptors (Lipinski definition) is 5. The minimum atomic E-state index is 0.237. The predicted octanol–water partition coefficient (Wildman–Crippen LogP) is 2.07. The standard InChI is InChI=1S/C18H24N4O2/c1-5-19-6-2-14(1)17-11-18(21-20-17)15-3-7-22(8-4-15)12-16-13-23-9-10-24-16/h1-2,5-6,11,15-16H,3-4,7-10,12-13H2,(H,20,21). The quantitative estimate of drug-likeness (QED) is 0.931. The van der Waals surface area contributed by atoms with Crippen LogP contribution in [0.2, 0.25) is 0 Å². The summed E-state index contributed by atoms with van der Waals surface area (Å²) in [6.07, 6.45) is 6.16. The zero-order valence-electron chi connectivity index (χ0n) is 13.9. The summed E-state index contributed by atoms with van der Waals surface area (Å²) >= 11 is 0. The van der Waals surface area contributed by atoms with E-state index < -0.39 is 0 Å². The van der Waals surface area contributed by atoms with Crippen LogP contribution < -0.4 is 0 Å². The molecule has 2 aromatic rings. The minimum Gasteiger partial charge on any atom is -0.376 e. The summed E-state index contributed by atoms with van der Waals surface area (Å²) in [6, 6.07) is 6.18. The Labute approximate surface area is 142 Å². The van der Waals surface area contributed by atoms with E-state index in [0.717, 1.165) is 63.6 Å². The number of aromatic amines is 1. The molecule has 0 aliphatic carbocycles. The summed E-state index contributed by atoms with van der Waals surface area (Å²) in [5.74, 6) is 0.563. The number of likely N-dealkylation sites (tertiary alicyclic amines) is 1. The van der Waals surface area contributed by atoms with Gasteiger partial charge in [0.25, 0.3) is 0 Å². The largest absolute Gasteiger partial charge is 0.376 e. The number of nitrogens with zero attached hydrogens (tertiary/aromatic N) is 3. The van der Waals surface area contributed by atoms with Crippen molar-refractivity contribution >= 4 is 0 Å². The Morgan fingerprint density at radius 1 is 1.17 bits per heavy atom. The second-order valence-corrected chi connectivity index (χ2v) is 6.59. The first-order valence-electron chi connectivity index (χ1n) is 8.76. The van der Waals surface area contributed by atoms with Crippen molar-refractivity contribution in [1.82, 2.24) is 20.1 Å². The van der Waals surface area contributed by atoms with Crippen LogP contribution in [-0.2, 0) is 9.47 Å². The molecule has 128 valence electrons. The van der Waals surface area contributed by atoms with E-state index in [1.807, 2.05) is 12.1 Å². The maximum Gasteiger partial charge on any atom is 0.0936 e. The summed E-state index contributed by atoms with van der Waals surface area (Å²) in [6.45, 7) is 5.39. The highest BCUT2D eigenvalue weighted by molar-refractivity contribution is 5.58.